The molecule has 0 aliphatic rings. The molecule has 0 saturated heterocycles. The average molecular weight is 329 g/mol. The van der Waals surface area contributed by atoms with Crippen molar-refractivity contribution in [2.45, 2.75) is 58.8 Å². The van der Waals surface area contributed by atoms with E-state index < -0.39 is 0 Å². The lowest BCUT2D eigenvalue weighted by Gasteiger charge is -2.06. The van der Waals surface area contributed by atoms with E-state index in [0.717, 1.165) is 19.3 Å². The largest absolute Gasteiger partial charge is 0.377 e. The fraction of sp³-hybridized carbons (Fsp3) is 0.824. The number of Topliss-reactive ketones (excluding diaryl/α,β-unsaturated/α-hetero) is 2. The van der Waals surface area contributed by atoms with E-state index in [1.54, 1.807) is 6.92 Å². The molecule has 0 bridgehead atoms. The van der Waals surface area contributed by atoms with Crippen molar-refractivity contribution in [2.75, 3.05) is 33.0 Å². The van der Waals surface area contributed by atoms with E-state index >= 15 is 0 Å². The molecule has 1 amide bonds. The van der Waals surface area contributed by atoms with Crippen molar-refractivity contribution in [3.8, 4) is 0 Å². The van der Waals surface area contributed by atoms with Crippen molar-refractivity contribution in [1.29, 1.82) is 0 Å². The number of carbonyl (C=O) groups is 3. The minimum absolute atomic E-state index is 0.00880. The zero-order valence-corrected chi connectivity index (χ0v) is 14.5. The van der Waals surface area contributed by atoms with Crippen molar-refractivity contribution in [2.24, 2.45) is 0 Å². The molecule has 0 rings (SSSR count). The van der Waals surface area contributed by atoms with Crippen molar-refractivity contribution in [3.05, 3.63) is 0 Å². The maximum atomic E-state index is 11.6. The molecule has 0 aromatic heterocycles. The molecule has 6 heteroatoms. The van der Waals surface area contributed by atoms with Crippen LogP contribution in [0.5, 0.6) is 0 Å². The van der Waals surface area contributed by atoms with Gasteiger partial charge in [0.1, 0.15) is 12.4 Å². The van der Waals surface area contributed by atoms with E-state index in [9.17, 15) is 14.4 Å². The predicted octanol–water partition coefficient (Wildman–Crippen LogP) is 2.04. The van der Waals surface area contributed by atoms with Crippen LogP contribution in [0.3, 0.4) is 0 Å². The van der Waals surface area contributed by atoms with E-state index in [0.29, 0.717) is 52.0 Å². The number of nitrogens with one attached hydrogen (secondary N) is 1. The Labute approximate surface area is 139 Å². The number of hydrogen-bond donors (Lipinski definition) is 1. The number of rotatable bonds is 16. The SMILES string of the molecule is CCC(=O)CCCCCC(=O)COCCOCCNC(=O)CC. The molecule has 23 heavy (non-hydrogen) atoms. The van der Waals surface area contributed by atoms with Crippen LogP contribution in [0.2, 0.25) is 0 Å². The van der Waals surface area contributed by atoms with E-state index in [-0.39, 0.29) is 24.1 Å². The Morgan fingerprint density at radius 2 is 1.43 bits per heavy atom. The maximum absolute atomic E-state index is 11.6. The maximum Gasteiger partial charge on any atom is 0.219 e. The van der Waals surface area contributed by atoms with Crippen LogP contribution < -0.4 is 5.32 Å². The highest BCUT2D eigenvalue weighted by atomic mass is 16.5. The highest BCUT2D eigenvalue weighted by molar-refractivity contribution is 5.79. The summed E-state index contributed by atoms with van der Waals surface area (Å²) in [6.07, 6.45) is 4.78. The summed E-state index contributed by atoms with van der Waals surface area (Å²) in [5.74, 6) is 0.380. The van der Waals surface area contributed by atoms with Crippen LogP contribution in [-0.4, -0.2) is 50.4 Å². The molecular weight excluding hydrogens is 298 g/mol. The number of amides is 1. The first kappa shape index (κ1) is 21.7. The molecular formula is C17H31NO5. The van der Waals surface area contributed by atoms with Gasteiger partial charge in [0, 0.05) is 32.2 Å². The lowest BCUT2D eigenvalue weighted by atomic mass is 10.1. The minimum atomic E-state index is 0.00880. The smallest absolute Gasteiger partial charge is 0.219 e. The Bertz CT molecular complexity index is 344. The van der Waals surface area contributed by atoms with Crippen LogP contribution in [0, 0.1) is 0 Å². The van der Waals surface area contributed by atoms with Crippen LogP contribution in [0.1, 0.15) is 58.8 Å². The van der Waals surface area contributed by atoms with Crippen LogP contribution in [0.15, 0.2) is 0 Å². The highest BCUT2D eigenvalue weighted by Gasteiger charge is 2.03. The van der Waals surface area contributed by atoms with Gasteiger partial charge in [0.15, 0.2) is 5.78 Å². The number of hydrogen-bond acceptors (Lipinski definition) is 5. The number of unbranched alkanes of at least 4 members (excludes halogenated alkanes) is 2. The Kier molecular flexibility index (Phi) is 14.8. The second-order valence-electron chi connectivity index (χ2n) is 5.36. The summed E-state index contributed by atoms with van der Waals surface area (Å²) in [5, 5.41) is 2.71. The molecule has 0 unspecified atom stereocenters. The van der Waals surface area contributed by atoms with Crippen LogP contribution in [0.4, 0.5) is 0 Å². The molecule has 0 aliphatic carbocycles. The van der Waals surface area contributed by atoms with Crippen LogP contribution >= 0.6 is 0 Å². The van der Waals surface area contributed by atoms with Gasteiger partial charge in [0.2, 0.25) is 5.91 Å². The van der Waals surface area contributed by atoms with E-state index in [4.69, 9.17) is 9.47 Å². The molecule has 0 spiro atoms. The molecule has 0 aliphatic heterocycles. The Morgan fingerprint density at radius 1 is 0.783 bits per heavy atom. The molecule has 0 fully saturated rings. The first-order chi connectivity index (χ1) is 11.1. The summed E-state index contributed by atoms with van der Waals surface area (Å²) in [4.78, 5) is 33.6. The van der Waals surface area contributed by atoms with Gasteiger partial charge in [0.05, 0.1) is 19.8 Å². The summed E-state index contributed by atoms with van der Waals surface area (Å²) in [6.45, 7) is 5.50. The summed E-state index contributed by atoms with van der Waals surface area (Å²) in [7, 11) is 0. The topological polar surface area (TPSA) is 81.7 Å². The third kappa shape index (κ3) is 15.4. The van der Waals surface area contributed by atoms with Gasteiger partial charge in [0.25, 0.3) is 0 Å². The molecule has 0 atom stereocenters. The fourth-order valence-electron chi connectivity index (χ4n) is 1.86. The third-order valence-corrected chi connectivity index (χ3v) is 3.33. The van der Waals surface area contributed by atoms with Gasteiger partial charge < -0.3 is 14.8 Å². The molecule has 0 heterocycles. The number of carbonyl (C=O) groups excluding carboxylic acids is 3. The van der Waals surface area contributed by atoms with Gasteiger partial charge in [-0.1, -0.05) is 20.3 Å². The highest BCUT2D eigenvalue weighted by Crippen LogP contribution is 2.05. The zero-order valence-electron chi connectivity index (χ0n) is 14.5. The quantitative estimate of drug-likeness (QED) is 0.438. The molecule has 6 nitrogen and oxygen atoms in total. The standard InChI is InChI=1S/C17H31NO5/c1-3-15(19)8-6-5-7-9-16(20)14-23-13-12-22-11-10-18-17(21)4-2/h3-14H2,1-2H3,(H,18,21). The van der Waals surface area contributed by atoms with Crippen molar-refractivity contribution >= 4 is 17.5 Å². The number of ether oxygens (including phenoxy) is 2. The minimum Gasteiger partial charge on any atom is -0.377 e. The molecule has 134 valence electrons. The average Bonchev–Trinajstić information content (AvgIpc) is 2.56. The van der Waals surface area contributed by atoms with Crippen LogP contribution in [0.25, 0.3) is 0 Å². The van der Waals surface area contributed by atoms with Gasteiger partial charge in [-0.3, -0.25) is 14.4 Å². The normalized spacial score (nSPS) is 10.5. The summed E-state index contributed by atoms with van der Waals surface area (Å²) in [5.41, 5.74) is 0. The van der Waals surface area contributed by atoms with Gasteiger partial charge in [-0.25, -0.2) is 0 Å². The second-order valence-corrected chi connectivity index (χ2v) is 5.36. The first-order valence-electron chi connectivity index (χ1n) is 8.55. The van der Waals surface area contributed by atoms with Gasteiger partial charge in [-0.15, -0.1) is 0 Å². The van der Waals surface area contributed by atoms with E-state index in [1.807, 2.05) is 6.92 Å². The summed E-state index contributed by atoms with van der Waals surface area (Å²) in [6, 6.07) is 0. The predicted molar refractivity (Wildman–Crippen MR) is 88.3 cm³/mol. The van der Waals surface area contributed by atoms with Gasteiger partial charge in [-0.2, -0.15) is 0 Å². The monoisotopic (exact) mass is 329 g/mol. The Hall–Kier alpha value is -1.27. The number of ketones is 2. The molecule has 1 N–H and O–H groups in total. The lowest BCUT2D eigenvalue weighted by Crippen LogP contribution is -2.26. The van der Waals surface area contributed by atoms with Crippen molar-refractivity contribution in [3.63, 3.8) is 0 Å². The molecule has 0 radical (unpaired) electrons. The Morgan fingerprint density at radius 3 is 2.09 bits per heavy atom. The second kappa shape index (κ2) is 15.6. The fourth-order valence-corrected chi connectivity index (χ4v) is 1.86. The van der Waals surface area contributed by atoms with Crippen LogP contribution in [-0.2, 0) is 23.9 Å². The molecule has 0 aromatic carbocycles. The molecule has 0 aromatic rings. The van der Waals surface area contributed by atoms with Gasteiger partial charge in [-0.05, 0) is 12.8 Å². The first-order valence-corrected chi connectivity index (χ1v) is 8.55. The summed E-state index contributed by atoms with van der Waals surface area (Å²) >= 11 is 0. The van der Waals surface area contributed by atoms with E-state index in [2.05, 4.69) is 5.32 Å². The lowest BCUT2D eigenvalue weighted by molar-refractivity contribution is -0.124. The zero-order chi connectivity index (χ0) is 17.3. The molecule has 0 saturated carbocycles. The van der Waals surface area contributed by atoms with Crippen molar-refractivity contribution < 1.29 is 23.9 Å². The van der Waals surface area contributed by atoms with Crippen molar-refractivity contribution in [1.82, 2.24) is 5.32 Å². The third-order valence-electron chi connectivity index (χ3n) is 3.33. The van der Waals surface area contributed by atoms with E-state index in [1.165, 1.54) is 0 Å². The summed E-state index contributed by atoms with van der Waals surface area (Å²) < 4.78 is 10.5. The Balaban J connectivity index is 3.27. The van der Waals surface area contributed by atoms with Gasteiger partial charge >= 0.3 is 0 Å².